The normalized spacial score (nSPS) is 11.1. The van der Waals surface area contributed by atoms with E-state index in [1.165, 1.54) is 12.1 Å². The highest BCUT2D eigenvalue weighted by Gasteiger charge is 2.18. The van der Waals surface area contributed by atoms with Crippen LogP contribution in [-0.4, -0.2) is 23.4 Å². The van der Waals surface area contributed by atoms with Crippen LogP contribution in [0.4, 0.5) is 11.5 Å². The fourth-order valence-corrected chi connectivity index (χ4v) is 2.57. The first kappa shape index (κ1) is 14.7. The van der Waals surface area contributed by atoms with Crippen LogP contribution in [-0.2, 0) is 10.0 Å². The van der Waals surface area contributed by atoms with Crippen molar-refractivity contribution in [3.63, 3.8) is 0 Å². The Labute approximate surface area is 120 Å². The van der Waals surface area contributed by atoms with Crippen molar-refractivity contribution in [1.29, 1.82) is 0 Å². The molecule has 0 unspecified atom stereocenters. The maximum atomic E-state index is 12.1. The third-order valence-electron chi connectivity index (χ3n) is 2.60. The Morgan fingerprint density at radius 1 is 1.19 bits per heavy atom. The average Bonchev–Trinajstić information content (AvgIpc) is 2.43. The highest BCUT2D eigenvalue weighted by molar-refractivity contribution is 7.92. The summed E-state index contributed by atoms with van der Waals surface area (Å²) in [5, 5.41) is 20.1. The summed E-state index contributed by atoms with van der Waals surface area (Å²) in [7, 11) is -3.99. The minimum atomic E-state index is -3.99. The Bertz CT molecular complexity index is 787. The molecule has 0 atom stereocenters. The standard InChI is InChI=1S/C12H11N3O5S/c1-8-2-7-11(16)12(13-8)14-21(19,20)10-5-3-9(4-6-10)15(17)18/h2-7,16H,1H3,(H,13,14). The highest BCUT2D eigenvalue weighted by atomic mass is 32.2. The number of non-ortho nitro benzene ring substituents is 1. The summed E-state index contributed by atoms with van der Waals surface area (Å²) in [5.74, 6) is -0.514. The van der Waals surface area contributed by atoms with Crippen LogP contribution in [0.25, 0.3) is 0 Å². The van der Waals surface area contributed by atoms with Crippen molar-refractivity contribution >= 4 is 21.5 Å². The van der Waals surface area contributed by atoms with Crippen molar-refractivity contribution in [3.05, 3.63) is 52.2 Å². The second-order valence-corrected chi connectivity index (χ2v) is 5.86. The van der Waals surface area contributed by atoms with Crippen LogP contribution in [0.2, 0.25) is 0 Å². The molecular weight excluding hydrogens is 298 g/mol. The number of hydrogen-bond acceptors (Lipinski definition) is 6. The van der Waals surface area contributed by atoms with Gasteiger partial charge in [0.1, 0.15) is 0 Å². The molecule has 1 aromatic carbocycles. The maximum Gasteiger partial charge on any atom is 0.269 e. The monoisotopic (exact) mass is 309 g/mol. The largest absolute Gasteiger partial charge is 0.504 e. The van der Waals surface area contributed by atoms with Crippen LogP contribution in [0.1, 0.15) is 5.69 Å². The van der Waals surface area contributed by atoms with E-state index in [1.807, 2.05) is 0 Å². The van der Waals surface area contributed by atoms with Crippen LogP contribution >= 0.6 is 0 Å². The quantitative estimate of drug-likeness (QED) is 0.656. The van der Waals surface area contributed by atoms with E-state index in [1.54, 1.807) is 6.92 Å². The predicted molar refractivity (Wildman–Crippen MR) is 74.5 cm³/mol. The Kier molecular flexibility index (Phi) is 3.76. The minimum Gasteiger partial charge on any atom is -0.504 e. The van der Waals surface area contributed by atoms with Crippen LogP contribution < -0.4 is 4.72 Å². The van der Waals surface area contributed by atoms with Crippen molar-refractivity contribution < 1.29 is 18.4 Å². The van der Waals surface area contributed by atoms with E-state index in [9.17, 15) is 23.6 Å². The number of nitro benzene ring substituents is 1. The van der Waals surface area contributed by atoms with Crippen LogP contribution in [0.15, 0.2) is 41.3 Å². The van der Waals surface area contributed by atoms with Gasteiger partial charge in [0.25, 0.3) is 15.7 Å². The van der Waals surface area contributed by atoms with E-state index >= 15 is 0 Å². The molecule has 0 saturated carbocycles. The molecule has 0 saturated heterocycles. The number of nitrogens with zero attached hydrogens (tertiary/aromatic N) is 2. The van der Waals surface area contributed by atoms with Crippen molar-refractivity contribution in [1.82, 2.24) is 4.98 Å². The summed E-state index contributed by atoms with van der Waals surface area (Å²) in [6.45, 7) is 1.64. The second-order valence-electron chi connectivity index (χ2n) is 4.18. The second kappa shape index (κ2) is 5.37. The number of pyridine rings is 1. The Morgan fingerprint density at radius 3 is 2.38 bits per heavy atom. The van der Waals surface area contributed by atoms with Crippen LogP contribution in [0.3, 0.4) is 0 Å². The topological polar surface area (TPSA) is 122 Å². The molecule has 0 amide bonds. The Morgan fingerprint density at radius 2 is 1.81 bits per heavy atom. The summed E-state index contributed by atoms with van der Waals surface area (Å²) < 4.78 is 26.4. The lowest BCUT2D eigenvalue weighted by Gasteiger charge is -2.09. The number of aromatic nitrogens is 1. The highest BCUT2D eigenvalue weighted by Crippen LogP contribution is 2.24. The maximum absolute atomic E-state index is 12.1. The number of nitrogens with one attached hydrogen (secondary N) is 1. The predicted octanol–water partition coefficient (Wildman–Crippen LogP) is 1.80. The third kappa shape index (κ3) is 3.26. The van der Waals surface area contributed by atoms with Gasteiger partial charge in [-0.2, -0.15) is 0 Å². The summed E-state index contributed by atoms with van der Waals surface area (Å²) in [5.41, 5.74) is 0.305. The summed E-state index contributed by atoms with van der Waals surface area (Å²) in [6, 6.07) is 7.21. The van der Waals surface area contributed by atoms with Crippen LogP contribution in [0, 0.1) is 17.0 Å². The molecule has 0 aliphatic carbocycles. The molecule has 2 N–H and O–H groups in total. The number of nitro groups is 1. The minimum absolute atomic E-state index is 0.171. The molecule has 2 aromatic rings. The van der Waals surface area contributed by atoms with Crippen LogP contribution in [0.5, 0.6) is 5.75 Å². The third-order valence-corrected chi connectivity index (χ3v) is 3.96. The summed E-state index contributed by atoms with van der Waals surface area (Å²) >= 11 is 0. The van der Waals surface area contributed by atoms with Gasteiger partial charge in [0.05, 0.1) is 9.82 Å². The lowest BCUT2D eigenvalue weighted by Crippen LogP contribution is -2.14. The fourth-order valence-electron chi connectivity index (χ4n) is 1.56. The summed E-state index contributed by atoms with van der Waals surface area (Å²) in [4.78, 5) is 13.6. The first-order valence-electron chi connectivity index (χ1n) is 5.73. The van der Waals surface area contributed by atoms with Gasteiger partial charge in [-0.15, -0.1) is 0 Å². The molecule has 9 heteroatoms. The Hall–Kier alpha value is -2.68. The lowest BCUT2D eigenvalue weighted by atomic mass is 10.3. The molecule has 8 nitrogen and oxygen atoms in total. The first-order valence-corrected chi connectivity index (χ1v) is 7.22. The van der Waals surface area contributed by atoms with E-state index in [0.29, 0.717) is 5.69 Å². The molecule has 110 valence electrons. The van der Waals surface area contributed by atoms with Gasteiger partial charge >= 0.3 is 0 Å². The van der Waals surface area contributed by atoms with Crippen molar-refractivity contribution in [2.24, 2.45) is 0 Å². The first-order chi connectivity index (χ1) is 9.79. The van der Waals surface area contributed by atoms with E-state index in [2.05, 4.69) is 9.71 Å². The van der Waals surface area contributed by atoms with E-state index < -0.39 is 14.9 Å². The zero-order chi connectivity index (χ0) is 15.6. The number of hydrogen-bond donors (Lipinski definition) is 2. The van der Waals surface area contributed by atoms with Gasteiger partial charge in [0.15, 0.2) is 11.6 Å². The molecule has 0 aliphatic heterocycles. The number of rotatable bonds is 4. The van der Waals surface area contributed by atoms with Gasteiger partial charge < -0.3 is 5.11 Å². The molecule has 0 fully saturated rings. The molecule has 2 rings (SSSR count). The van der Waals surface area contributed by atoms with Crippen molar-refractivity contribution in [3.8, 4) is 5.75 Å². The SMILES string of the molecule is Cc1ccc(O)c(NS(=O)(=O)c2ccc([N+](=O)[O-])cc2)n1. The lowest BCUT2D eigenvalue weighted by molar-refractivity contribution is -0.384. The van der Waals surface area contributed by atoms with Gasteiger partial charge in [-0.3, -0.25) is 14.8 Å². The number of anilines is 1. The van der Waals surface area contributed by atoms with Crippen molar-refractivity contribution in [2.75, 3.05) is 4.72 Å². The van der Waals surface area contributed by atoms with Gasteiger partial charge in [0, 0.05) is 17.8 Å². The van der Waals surface area contributed by atoms with Gasteiger partial charge in [-0.25, -0.2) is 13.4 Å². The molecule has 21 heavy (non-hydrogen) atoms. The number of benzene rings is 1. The molecule has 0 radical (unpaired) electrons. The van der Waals surface area contributed by atoms with Gasteiger partial charge in [-0.05, 0) is 31.2 Å². The van der Waals surface area contributed by atoms with E-state index in [0.717, 1.165) is 24.3 Å². The molecule has 0 aliphatic rings. The molecular formula is C12H11N3O5S. The Balaban J connectivity index is 2.34. The number of sulfonamides is 1. The average molecular weight is 309 g/mol. The molecule has 1 aromatic heterocycles. The fraction of sp³-hybridized carbons (Fsp3) is 0.0833. The number of aryl methyl sites for hydroxylation is 1. The molecule has 0 bridgehead atoms. The zero-order valence-electron chi connectivity index (χ0n) is 10.8. The number of aromatic hydroxyl groups is 1. The summed E-state index contributed by atoms with van der Waals surface area (Å²) in [6.07, 6.45) is 0. The van der Waals surface area contributed by atoms with E-state index in [-0.39, 0.29) is 22.2 Å². The molecule has 1 heterocycles. The van der Waals surface area contributed by atoms with E-state index in [4.69, 9.17) is 0 Å². The zero-order valence-corrected chi connectivity index (χ0v) is 11.7. The molecule has 0 spiro atoms. The van der Waals surface area contributed by atoms with Gasteiger partial charge in [0.2, 0.25) is 0 Å². The van der Waals surface area contributed by atoms with Gasteiger partial charge in [-0.1, -0.05) is 0 Å². The smallest absolute Gasteiger partial charge is 0.269 e. The van der Waals surface area contributed by atoms with Crippen molar-refractivity contribution in [2.45, 2.75) is 11.8 Å².